The number of nitrogens with zero attached hydrogens (tertiary/aromatic N) is 1. The largest absolute Gasteiger partial charge is 0.456 e. The van der Waals surface area contributed by atoms with Crippen molar-refractivity contribution in [1.29, 1.82) is 0 Å². The standard InChI is InChI=1S/C31H22N2O7S2/c34-41(35,36)24-10-6-9-21(17-24)33-23-14-16-26-29(19-23)40-28-18-22(32-20-7-2-1-3-8-20)13-15-25(28)31(26)27-11-4-5-12-30(27)42(37,38)39/h1-19,33H,(H,34,35,36)(H,37,38,39). The Labute approximate surface area is 241 Å². The lowest BCUT2D eigenvalue weighted by Gasteiger charge is -2.18. The lowest BCUT2D eigenvalue weighted by molar-refractivity contribution is 0.481. The Hall–Kier alpha value is -4.81. The maximum Gasteiger partial charge on any atom is 0.295 e. The fourth-order valence-corrected chi connectivity index (χ4v) is 5.99. The first-order valence-electron chi connectivity index (χ1n) is 12.6. The van der Waals surface area contributed by atoms with Crippen LogP contribution in [-0.4, -0.2) is 25.9 Å². The maximum absolute atomic E-state index is 12.4. The summed E-state index contributed by atoms with van der Waals surface area (Å²) >= 11 is 0. The molecule has 1 aliphatic heterocycles. The van der Waals surface area contributed by atoms with Gasteiger partial charge in [-0.3, -0.25) is 9.11 Å². The molecule has 4 aromatic carbocycles. The van der Waals surface area contributed by atoms with E-state index in [1.165, 1.54) is 30.3 Å². The van der Waals surface area contributed by atoms with Crippen LogP contribution in [0.2, 0.25) is 0 Å². The van der Waals surface area contributed by atoms with Crippen LogP contribution in [0.25, 0.3) is 33.4 Å². The van der Waals surface area contributed by atoms with Gasteiger partial charge in [0.15, 0.2) is 0 Å². The van der Waals surface area contributed by atoms with Gasteiger partial charge in [0, 0.05) is 45.6 Å². The molecule has 2 aliphatic rings. The highest BCUT2D eigenvalue weighted by molar-refractivity contribution is 7.86. The number of para-hydroxylation sites is 1. The molecular formula is C31H22N2O7S2. The summed E-state index contributed by atoms with van der Waals surface area (Å²) in [6.45, 7) is 0. The molecule has 0 saturated carbocycles. The van der Waals surface area contributed by atoms with Gasteiger partial charge in [-0.25, -0.2) is 4.99 Å². The molecule has 0 unspecified atom stereocenters. The van der Waals surface area contributed by atoms with Crippen LogP contribution in [0, 0.1) is 0 Å². The molecule has 11 heteroatoms. The summed E-state index contributed by atoms with van der Waals surface area (Å²) in [4.78, 5) is 4.14. The molecule has 1 aliphatic carbocycles. The van der Waals surface area contributed by atoms with Crippen LogP contribution in [0.1, 0.15) is 0 Å². The predicted octanol–water partition coefficient (Wildman–Crippen LogP) is 6.67. The second-order valence-electron chi connectivity index (χ2n) is 9.41. The lowest BCUT2D eigenvalue weighted by Crippen LogP contribution is -2.05. The van der Waals surface area contributed by atoms with Crippen LogP contribution >= 0.6 is 0 Å². The average Bonchev–Trinajstić information content (AvgIpc) is 2.96. The monoisotopic (exact) mass is 598 g/mol. The zero-order valence-corrected chi connectivity index (χ0v) is 23.3. The summed E-state index contributed by atoms with van der Waals surface area (Å²) in [5.41, 5.74) is 3.50. The highest BCUT2D eigenvalue weighted by Crippen LogP contribution is 2.42. The number of rotatable bonds is 6. The maximum atomic E-state index is 12.4. The molecule has 0 radical (unpaired) electrons. The van der Waals surface area contributed by atoms with E-state index >= 15 is 0 Å². The summed E-state index contributed by atoms with van der Waals surface area (Å²) in [6, 6.07) is 31.8. The molecule has 0 spiro atoms. The second-order valence-corrected chi connectivity index (χ2v) is 12.2. The number of hydrogen-bond acceptors (Lipinski definition) is 7. The Morgan fingerprint density at radius 2 is 1.38 bits per heavy atom. The Morgan fingerprint density at radius 1 is 0.643 bits per heavy atom. The van der Waals surface area contributed by atoms with Crippen molar-refractivity contribution in [3.05, 3.63) is 121 Å². The van der Waals surface area contributed by atoms with Crippen LogP contribution in [0.4, 0.5) is 17.1 Å². The minimum Gasteiger partial charge on any atom is -0.456 e. The SMILES string of the molecule is O=S(=O)(O)c1cccc(Nc2ccc3c(-c4ccccc4S(=O)(=O)O)c4ccc(=Nc5ccccc5)cc-4oc3c2)c1. The normalized spacial score (nSPS) is 12.6. The van der Waals surface area contributed by atoms with Crippen molar-refractivity contribution in [3.8, 4) is 22.5 Å². The zero-order chi connectivity index (χ0) is 29.5. The molecule has 42 heavy (non-hydrogen) atoms. The summed E-state index contributed by atoms with van der Waals surface area (Å²) in [6.07, 6.45) is 0. The van der Waals surface area contributed by atoms with Crippen molar-refractivity contribution in [2.75, 3.05) is 5.32 Å². The van der Waals surface area contributed by atoms with Gasteiger partial charge in [0.2, 0.25) is 0 Å². The van der Waals surface area contributed by atoms with E-state index in [1.54, 1.807) is 54.6 Å². The zero-order valence-electron chi connectivity index (χ0n) is 21.7. The van der Waals surface area contributed by atoms with Gasteiger partial charge in [0.1, 0.15) is 16.2 Å². The second kappa shape index (κ2) is 10.5. The highest BCUT2D eigenvalue weighted by atomic mass is 32.2. The molecule has 1 heterocycles. The van der Waals surface area contributed by atoms with Crippen molar-refractivity contribution >= 4 is 48.3 Å². The third-order valence-electron chi connectivity index (χ3n) is 6.57. The molecule has 0 saturated heterocycles. The predicted molar refractivity (Wildman–Crippen MR) is 159 cm³/mol. The Balaban J connectivity index is 1.58. The van der Waals surface area contributed by atoms with E-state index in [9.17, 15) is 25.9 Å². The molecular weight excluding hydrogens is 576 g/mol. The number of anilines is 2. The topological polar surface area (TPSA) is 146 Å². The minimum absolute atomic E-state index is 0.249. The van der Waals surface area contributed by atoms with Crippen LogP contribution < -0.4 is 10.7 Å². The highest BCUT2D eigenvalue weighted by Gasteiger charge is 2.23. The van der Waals surface area contributed by atoms with E-state index in [0.29, 0.717) is 50.2 Å². The molecule has 6 rings (SSSR count). The first kappa shape index (κ1) is 27.4. The number of hydrogen-bond donors (Lipinski definition) is 3. The van der Waals surface area contributed by atoms with Crippen molar-refractivity contribution in [2.45, 2.75) is 9.79 Å². The average molecular weight is 599 g/mol. The smallest absolute Gasteiger partial charge is 0.295 e. The third-order valence-corrected chi connectivity index (χ3v) is 8.34. The van der Waals surface area contributed by atoms with Crippen molar-refractivity contribution in [1.82, 2.24) is 0 Å². The van der Waals surface area contributed by atoms with Crippen molar-refractivity contribution in [3.63, 3.8) is 0 Å². The van der Waals surface area contributed by atoms with Crippen LogP contribution in [0.3, 0.4) is 0 Å². The first-order valence-corrected chi connectivity index (χ1v) is 15.5. The lowest BCUT2D eigenvalue weighted by atomic mass is 9.93. The van der Waals surface area contributed by atoms with E-state index in [0.717, 1.165) is 5.69 Å². The van der Waals surface area contributed by atoms with Crippen LogP contribution in [0.5, 0.6) is 0 Å². The van der Waals surface area contributed by atoms with E-state index in [4.69, 9.17) is 4.42 Å². The van der Waals surface area contributed by atoms with E-state index in [-0.39, 0.29) is 9.79 Å². The quantitative estimate of drug-likeness (QED) is 0.142. The molecule has 0 atom stereocenters. The fraction of sp³-hybridized carbons (Fsp3) is 0. The molecule has 9 nitrogen and oxygen atoms in total. The van der Waals surface area contributed by atoms with Crippen molar-refractivity contribution < 1.29 is 30.4 Å². The van der Waals surface area contributed by atoms with Crippen LogP contribution in [0.15, 0.2) is 134 Å². The van der Waals surface area contributed by atoms with Crippen LogP contribution in [-0.2, 0) is 20.2 Å². The Morgan fingerprint density at radius 3 is 2.14 bits per heavy atom. The molecule has 0 bridgehead atoms. The summed E-state index contributed by atoms with van der Waals surface area (Å²) in [7, 11) is -8.96. The van der Waals surface area contributed by atoms with Gasteiger partial charge in [-0.05, 0) is 60.7 Å². The van der Waals surface area contributed by atoms with Gasteiger partial charge in [0.05, 0.1) is 15.9 Å². The molecule has 0 aromatic heterocycles. The minimum atomic E-state index is -4.56. The molecule has 210 valence electrons. The molecule has 3 N–H and O–H groups in total. The van der Waals surface area contributed by atoms with Gasteiger partial charge in [-0.1, -0.05) is 42.5 Å². The Kier molecular flexibility index (Phi) is 6.87. The van der Waals surface area contributed by atoms with Gasteiger partial charge in [0.25, 0.3) is 20.2 Å². The fourth-order valence-electron chi connectivity index (χ4n) is 4.77. The number of benzene rings is 5. The molecule has 0 fully saturated rings. The summed E-state index contributed by atoms with van der Waals surface area (Å²) < 4.78 is 73.7. The first-order chi connectivity index (χ1) is 20.1. The molecule has 0 amide bonds. The van der Waals surface area contributed by atoms with Gasteiger partial charge in [-0.15, -0.1) is 0 Å². The summed E-state index contributed by atoms with van der Waals surface area (Å²) in [5.74, 6) is 0.422. The number of nitrogens with one attached hydrogen (secondary N) is 1. The van der Waals surface area contributed by atoms with Gasteiger partial charge >= 0.3 is 0 Å². The number of fused-ring (bicyclic) bond motifs is 2. The molecule has 4 aromatic rings. The van der Waals surface area contributed by atoms with Gasteiger partial charge in [-0.2, -0.15) is 16.8 Å². The summed E-state index contributed by atoms with van der Waals surface area (Å²) in [5, 5.41) is 4.29. The third kappa shape index (κ3) is 5.54. The van der Waals surface area contributed by atoms with Gasteiger partial charge < -0.3 is 9.73 Å². The Bertz CT molecular complexity index is 2230. The van der Waals surface area contributed by atoms with E-state index in [1.807, 2.05) is 30.3 Å². The van der Waals surface area contributed by atoms with E-state index in [2.05, 4.69) is 10.3 Å². The van der Waals surface area contributed by atoms with E-state index < -0.39 is 20.2 Å². The van der Waals surface area contributed by atoms with Crippen molar-refractivity contribution in [2.24, 2.45) is 4.99 Å².